The normalized spacial score (nSPS) is 15.8. The van der Waals surface area contributed by atoms with Crippen LogP contribution in [0.15, 0.2) is 41.4 Å². The third-order valence-corrected chi connectivity index (χ3v) is 5.36. The number of piperazine rings is 1. The first-order valence-corrected chi connectivity index (χ1v) is 9.98. The van der Waals surface area contributed by atoms with E-state index < -0.39 is 11.7 Å². The van der Waals surface area contributed by atoms with E-state index in [0.29, 0.717) is 49.1 Å². The Hall–Kier alpha value is -3.27. The fraction of sp³-hybridized carbons (Fsp3) is 0.364. The number of methoxy groups -OCH3 is 2. The van der Waals surface area contributed by atoms with Crippen molar-refractivity contribution in [2.75, 3.05) is 47.0 Å². The van der Waals surface area contributed by atoms with Gasteiger partial charge in [-0.3, -0.25) is 4.79 Å². The maximum absolute atomic E-state index is 13.3. The molecule has 4 rings (SSSR count). The Bertz CT molecular complexity index is 1050. The van der Waals surface area contributed by atoms with Gasteiger partial charge in [-0.15, -0.1) is 0 Å². The van der Waals surface area contributed by atoms with Gasteiger partial charge in [0.05, 0.1) is 18.2 Å². The summed E-state index contributed by atoms with van der Waals surface area (Å²) in [6.45, 7) is 1.80. The van der Waals surface area contributed by atoms with Gasteiger partial charge in [-0.1, -0.05) is 0 Å². The number of halogens is 3. The Morgan fingerprint density at radius 2 is 1.78 bits per heavy atom. The van der Waals surface area contributed by atoms with E-state index in [4.69, 9.17) is 14.2 Å². The number of ether oxygens (including phenoxy) is 3. The van der Waals surface area contributed by atoms with E-state index in [9.17, 15) is 18.0 Å². The summed E-state index contributed by atoms with van der Waals surface area (Å²) in [4.78, 5) is 20.3. The predicted octanol–water partition coefficient (Wildman–Crippen LogP) is 3.69. The van der Waals surface area contributed by atoms with Gasteiger partial charge in [0, 0.05) is 33.3 Å². The maximum atomic E-state index is 13.3. The molecular formula is C22H22F3N3O4. The Labute approximate surface area is 183 Å². The highest BCUT2D eigenvalue weighted by molar-refractivity contribution is 6.04. The SMILES string of the molecule is COCC(=O)N1CCN(C2=Nc3cc(C(F)(F)F)ccc3Oc3ccc(OC)cc32)CC1. The summed E-state index contributed by atoms with van der Waals surface area (Å²) in [5, 5.41) is 0. The number of aliphatic imine (C=N–C) groups is 1. The zero-order chi connectivity index (χ0) is 22.9. The highest BCUT2D eigenvalue weighted by atomic mass is 19.4. The van der Waals surface area contributed by atoms with Crippen LogP contribution in [0.5, 0.6) is 17.2 Å². The summed E-state index contributed by atoms with van der Waals surface area (Å²) in [7, 11) is 2.99. The molecule has 0 aromatic heterocycles. The number of carbonyl (C=O) groups is 1. The lowest BCUT2D eigenvalue weighted by atomic mass is 10.1. The van der Waals surface area contributed by atoms with Gasteiger partial charge in [0.2, 0.25) is 5.91 Å². The van der Waals surface area contributed by atoms with Crippen molar-refractivity contribution in [1.82, 2.24) is 9.80 Å². The molecule has 0 unspecified atom stereocenters. The summed E-state index contributed by atoms with van der Waals surface area (Å²) in [6.07, 6.45) is -4.50. The Balaban J connectivity index is 1.73. The molecule has 170 valence electrons. The number of carbonyl (C=O) groups excluding carboxylic acids is 1. The number of hydrogen-bond acceptors (Lipinski definition) is 6. The number of benzene rings is 2. The maximum Gasteiger partial charge on any atom is 0.416 e. The number of amides is 1. The molecule has 0 N–H and O–H groups in total. The summed E-state index contributed by atoms with van der Waals surface area (Å²) in [6, 6.07) is 8.40. The molecule has 10 heteroatoms. The van der Waals surface area contributed by atoms with E-state index in [1.165, 1.54) is 20.3 Å². The number of alkyl halides is 3. The van der Waals surface area contributed by atoms with Crippen LogP contribution in [0.2, 0.25) is 0 Å². The number of rotatable bonds is 3. The van der Waals surface area contributed by atoms with E-state index in [2.05, 4.69) is 4.99 Å². The molecule has 1 amide bonds. The molecule has 7 nitrogen and oxygen atoms in total. The van der Waals surface area contributed by atoms with Crippen molar-refractivity contribution < 1.29 is 32.2 Å². The second-order valence-electron chi connectivity index (χ2n) is 7.38. The van der Waals surface area contributed by atoms with Crippen molar-refractivity contribution in [1.29, 1.82) is 0 Å². The van der Waals surface area contributed by atoms with Crippen LogP contribution in [0, 0.1) is 0 Å². The Kier molecular flexibility index (Phi) is 5.96. The lowest BCUT2D eigenvalue weighted by molar-refractivity contribution is -0.137. The first kappa shape index (κ1) is 21.9. The predicted molar refractivity (Wildman–Crippen MR) is 111 cm³/mol. The highest BCUT2D eigenvalue weighted by Gasteiger charge is 2.33. The van der Waals surface area contributed by atoms with E-state index >= 15 is 0 Å². The van der Waals surface area contributed by atoms with E-state index in [1.807, 2.05) is 4.90 Å². The largest absolute Gasteiger partial charge is 0.497 e. The molecule has 1 fully saturated rings. The molecule has 1 saturated heterocycles. The minimum atomic E-state index is -4.50. The van der Waals surface area contributed by atoms with Gasteiger partial charge in [-0.2, -0.15) is 13.2 Å². The topological polar surface area (TPSA) is 63.6 Å². The molecule has 0 saturated carbocycles. The van der Waals surface area contributed by atoms with Gasteiger partial charge in [-0.25, -0.2) is 4.99 Å². The average Bonchev–Trinajstić information content (AvgIpc) is 2.94. The summed E-state index contributed by atoms with van der Waals surface area (Å²) in [5.74, 6) is 1.61. The van der Waals surface area contributed by atoms with Crippen LogP contribution >= 0.6 is 0 Å². The van der Waals surface area contributed by atoms with Crippen LogP contribution in [-0.4, -0.2) is 68.5 Å². The third-order valence-electron chi connectivity index (χ3n) is 5.36. The third kappa shape index (κ3) is 4.36. The average molecular weight is 449 g/mol. The van der Waals surface area contributed by atoms with Crippen LogP contribution in [0.4, 0.5) is 18.9 Å². The molecule has 0 radical (unpaired) electrons. The second kappa shape index (κ2) is 8.70. The second-order valence-corrected chi connectivity index (χ2v) is 7.38. The summed E-state index contributed by atoms with van der Waals surface area (Å²) >= 11 is 0. The molecule has 0 aliphatic carbocycles. The van der Waals surface area contributed by atoms with Crippen molar-refractivity contribution in [2.24, 2.45) is 4.99 Å². The molecule has 0 spiro atoms. The molecule has 2 heterocycles. The fourth-order valence-electron chi connectivity index (χ4n) is 3.68. The molecule has 32 heavy (non-hydrogen) atoms. The minimum Gasteiger partial charge on any atom is -0.497 e. The molecule has 2 aromatic rings. The monoisotopic (exact) mass is 449 g/mol. The van der Waals surface area contributed by atoms with E-state index in [-0.39, 0.29) is 24.0 Å². The lowest BCUT2D eigenvalue weighted by Gasteiger charge is -2.36. The van der Waals surface area contributed by atoms with E-state index in [0.717, 1.165) is 12.1 Å². The number of amidine groups is 1. The quantitative estimate of drug-likeness (QED) is 0.715. The van der Waals surface area contributed by atoms with Crippen LogP contribution in [0.3, 0.4) is 0 Å². The van der Waals surface area contributed by atoms with Crippen molar-refractivity contribution in [3.05, 3.63) is 47.5 Å². The standard InChI is InChI=1S/C22H22F3N3O4/c1-30-13-20(29)27-7-9-28(10-8-27)21-16-12-15(31-2)4-6-18(16)32-19-5-3-14(22(23,24)25)11-17(19)26-21/h3-6,11-12H,7-10,13H2,1-2H3. The Morgan fingerprint density at radius 1 is 1.06 bits per heavy atom. The molecular weight excluding hydrogens is 427 g/mol. The first-order valence-electron chi connectivity index (χ1n) is 9.98. The van der Waals surface area contributed by atoms with Gasteiger partial charge in [0.25, 0.3) is 0 Å². The van der Waals surface area contributed by atoms with Crippen LogP contribution in [0.25, 0.3) is 0 Å². The van der Waals surface area contributed by atoms with Crippen molar-refractivity contribution in [3.8, 4) is 17.2 Å². The molecule has 2 aliphatic rings. The molecule has 0 atom stereocenters. The van der Waals surface area contributed by atoms with Gasteiger partial charge in [0.1, 0.15) is 29.6 Å². The fourth-order valence-corrected chi connectivity index (χ4v) is 3.68. The molecule has 0 bridgehead atoms. The zero-order valence-electron chi connectivity index (χ0n) is 17.6. The zero-order valence-corrected chi connectivity index (χ0v) is 17.6. The Morgan fingerprint density at radius 3 is 2.44 bits per heavy atom. The van der Waals surface area contributed by atoms with Crippen molar-refractivity contribution in [3.63, 3.8) is 0 Å². The minimum absolute atomic E-state index is 0.00239. The van der Waals surface area contributed by atoms with Crippen LogP contribution in [0.1, 0.15) is 11.1 Å². The summed E-state index contributed by atoms with van der Waals surface area (Å²) in [5.41, 5.74) is -0.116. The highest BCUT2D eigenvalue weighted by Crippen LogP contribution is 2.42. The van der Waals surface area contributed by atoms with Gasteiger partial charge >= 0.3 is 6.18 Å². The smallest absolute Gasteiger partial charge is 0.416 e. The first-order chi connectivity index (χ1) is 15.3. The van der Waals surface area contributed by atoms with E-state index in [1.54, 1.807) is 23.1 Å². The number of hydrogen-bond donors (Lipinski definition) is 0. The van der Waals surface area contributed by atoms with Crippen molar-refractivity contribution in [2.45, 2.75) is 6.18 Å². The van der Waals surface area contributed by atoms with Gasteiger partial charge < -0.3 is 24.0 Å². The number of fused-ring (bicyclic) bond motifs is 2. The molecule has 2 aromatic carbocycles. The van der Waals surface area contributed by atoms with Gasteiger partial charge in [-0.05, 0) is 36.4 Å². The lowest BCUT2D eigenvalue weighted by Crippen LogP contribution is -2.51. The van der Waals surface area contributed by atoms with Gasteiger partial charge in [0.15, 0.2) is 5.75 Å². The number of nitrogens with zero attached hydrogens (tertiary/aromatic N) is 3. The van der Waals surface area contributed by atoms with Crippen LogP contribution in [-0.2, 0) is 15.7 Å². The van der Waals surface area contributed by atoms with Crippen LogP contribution < -0.4 is 9.47 Å². The molecule has 2 aliphatic heterocycles. The summed E-state index contributed by atoms with van der Waals surface area (Å²) < 4.78 is 56.1. The van der Waals surface area contributed by atoms with Crippen molar-refractivity contribution >= 4 is 17.4 Å².